The van der Waals surface area contributed by atoms with Crippen LogP contribution in [0.1, 0.15) is 29.3 Å². The second-order valence-corrected chi connectivity index (χ2v) is 6.41. The van der Waals surface area contributed by atoms with Crippen LogP contribution >= 0.6 is 0 Å². The van der Waals surface area contributed by atoms with Crippen molar-refractivity contribution in [1.29, 1.82) is 0 Å². The molecule has 3 rings (SSSR count). The maximum Gasteiger partial charge on any atom is 0.416 e. The molecule has 1 aliphatic heterocycles. The molecule has 1 aliphatic rings. The van der Waals surface area contributed by atoms with Gasteiger partial charge in [0.1, 0.15) is 0 Å². The van der Waals surface area contributed by atoms with Gasteiger partial charge in [0, 0.05) is 19.6 Å². The Balaban J connectivity index is 1.52. The summed E-state index contributed by atoms with van der Waals surface area (Å²) in [4.78, 5) is 8.72. The highest BCUT2D eigenvalue weighted by Crippen LogP contribution is 2.29. The van der Waals surface area contributed by atoms with E-state index in [1.807, 2.05) is 0 Å². The van der Waals surface area contributed by atoms with Gasteiger partial charge in [0.2, 0.25) is 5.89 Å². The first-order valence-corrected chi connectivity index (χ1v) is 8.56. The van der Waals surface area contributed by atoms with Crippen molar-refractivity contribution in [1.82, 2.24) is 19.9 Å². The van der Waals surface area contributed by atoms with Gasteiger partial charge in [-0.3, -0.25) is 9.80 Å². The Hall–Kier alpha value is -1.97. The van der Waals surface area contributed by atoms with Gasteiger partial charge in [0.25, 0.3) is 0 Å². The number of rotatable bonds is 5. The maximum absolute atomic E-state index is 12.6. The molecule has 0 saturated carbocycles. The minimum absolute atomic E-state index is 0.230. The molecular weight excluding hydrogens is 347 g/mol. The van der Waals surface area contributed by atoms with E-state index < -0.39 is 11.7 Å². The fourth-order valence-corrected chi connectivity index (χ4v) is 3.04. The number of nitrogens with zero attached hydrogens (tertiary/aromatic N) is 4. The van der Waals surface area contributed by atoms with Gasteiger partial charge in [0.15, 0.2) is 5.82 Å². The summed E-state index contributed by atoms with van der Waals surface area (Å²) in [6.07, 6.45) is -3.32. The lowest BCUT2D eigenvalue weighted by Crippen LogP contribution is -2.30. The molecule has 0 aliphatic carbocycles. The average Bonchev–Trinajstić information content (AvgIpc) is 2.95. The average molecular weight is 369 g/mol. The minimum atomic E-state index is -4.29. The topological polar surface area (TPSA) is 71.4 Å². The first kappa shape index (κ1) is 18.8. The lowest BCUT2D eigenvalue weighted by molar-refractivity contribution is -0.137. The smallest absolute Gasteiger partial charge is 0.338 e. The highest BCUT2D eigenvalue weighted by Gasteiger charge is 2.30. The van der Waals surface area contributed by atoms with Crippen molar-refractivity contribution in [3.05, 3.63) is 47.1 Å². The second-order valence-electron chi connectivity index (χ2n) is 6.41. The van der Waals surface area contributed by atoms with E-state index >= 15 is 0 Å². The van der Waals surface area contributed by atoms with E-state index in [0.717, 1.165) is 50.3 Å². The van der Waals surface area contributed by atoms with Crippen LogP contribution in [-0.4, -0.2) is 46.1 Å². The number of halogens is 3. The van der Waals surface area contributed by atoms with E-state index in [1.165, 1.54) is 0 Å². The second kappa shape index (κ2) is 8.15. The third-order valence-corrected chi connectivity index (χ3v) is 4.42. The van der Waals surface area contributed by atoms with Crippen LogP contribution in [-0.2, 0) is 25.8 Å². The standard InChI is InChI=1S/C17H22F3N5O/c18-17(19,20)14-4-2-13(3-5-14)11-24-6-1-7-25(9-8-24)12-15-22-16(10-21)26-23-15/h2-5H,1,6-12,21H2. The third-order valence-electron chi connectivity index (χ3n) is 4.42. The zero-order chi connectivity index (χ0) is 18.6. The van der Waals surface area contributed by atoms with E-state index in [4.69, 9.17) is 10.3 Å². The Bertz CT molecular complexity index is 701. The molecule has 2 heterocycles. The predicted octanol–water partition coefficient (Wildman–Crippen LogP) is 2.26. The summed E-state index contributed by atoms with van der Waals surface area (Å²) >= 11 is 0. The first-order valence-electron chi connectivity index (χ1n) is 8.56. The van der Waals surface area contributed by atoms with E-state index in [9.17, 15) is 13.2 Å². The summed E-state index contributed by atoms with van der Waals surface area (Å²) in [5.74, 6) is 1.06. The van der Waals surface area contributed by atoms with E-state index in [2.05, 4.69) is 19.9 Å². The quantitative estimate of drug-likeness (QED) is 0.872. The summed E-state index contributed by atoms with van der Waals surface area (Å²) in [6, 6.07) is 5.40. The van der Waals surface area contributed by atoms with Crippen LogP contribution in [0.5, 0.6) is 0 Å². The van der Waals surface area contributed by atoms with Gasteiger partial charge < -0.3 is 10.3 Å². The largest absolute Gasteiger partial charge is 0.416 e. The molecule has 0 spiro atoms. The summed E-state index contributed by atoms with van der Waals surface area (Å²) in [6.45, 7) is 4.97. The molecule has 1 aromatic carbocycles. The zero-order valence-electron chi connectivity index (χ0n) is 14.4. The molecule has 1 aromatic heterocycles. The van der Waals surface area contributed by atoms with Gasteiger partial charge in [-0.15, -0.1) is 0 Å². The summed E-state index contributed by atoms with van der Waals surface area (Å²) < 4.78 is 42.9. The van der Waals surface area contributed by atoms with Crippen molar-refractivity contribution in [2.45, 2.75) is 32.2 Å². The van der Waals surface area contributed by atoms with Gasteiger partial charge >= 0.3 is 6.18 Å². The monoisotopic (exact) mass is 369 g/mol. The molecule has 6 nitrogen and oxygen atoms in total. The molecule has 142 valence electrons. The van der Waals surface area contributed by atoms with Crippen LogP contribution in [0.25, 0.3) is 0 Å². The van der Waals surface area contributed by atoms with E-state index in [0.29, 0.717) is 24.8 Å². The number of benzene rings is 1. The van der Waals surface area contributed by atoms with Gasteiger partial charge in [-0.05, 0) is 37.2 Å². The molecule has 1 fully saturated rings. The Morgan fingerprint density at radius 3 is 2.23 bits per heavy atom. The zero-order valence-corrected chi connectivity index (χ0v) is 14.4. The Morgan fingerprint density at radius 2 is 1.65 bits per heavy atom. The van der Waals surface area contributed by atoms with Crippen LogP contribution in [0.3, 0.4) is 0 Å². The fraction of sp³-hybridized carbons (Fsp3) is 0.529. The van der Waals surface area contributed by atoms with E-state index in [-0.39, 0.29) is 6.54 Å². The van der Waals surface area contributed by atoms with Crippen molar-refractivity contribution in [3.8, 4) is 0 Å². The molecule has 1 saturated heterocycles. The highest BCUT2D eigenvalue weighted by molar-refractivity contribution is 5.24. The first-order chi connectivity index (χ1) is 12.4. The van der Waals surface area contributed by atoms with Crippen LogP contribution in [0, 0.1) is 0 Å². The van der Waals surface area contributed by atoms with Crippen LogP contribution in [0.2, 0.25) is 0 Å². The maximum atomic E-state index is 12.6. The summed E-state index contributed by atoms with van der Waals surface area (Å²) in [7, 11) is 0. The van der Waals surface area contributed by atoms with Crippen LogP contribution in [0.15, 0.2) is 28.8 Å². The lowest BCUT2D eigenvalue weighted by atomic mass is 10.1. The summed E-state index contributed by atoms with van der Waals surface area (Å²) in [5.41, 5.74) is 5.74. The van der Waals surface area contributed by atoms with Gasteiger partial charge in [-0.1, -0.05) is 17.3 Å². The minimum Gasteiger partial charge on any atom is -0.338 e. The molecule has 0 amide bonds. The summed E-state index contributed by atoms with van der Waals surface area (Å²) in [5, 5.41) is 3.91. The normalized spacial score (nSPS) is 17.4. The van der Waals surface area contributed by atoms with Crippen molar-refractivity contribution in [2.24, 2.45) is 5.73 Å². The van der Waals surface area contributed by atoms with Gasteiger partial charge in [-0.25, -0.2) is 0 Å². The van der Waals surface area contributed by atoms with Crippen molar-refractivity contribution < 1.29 is 17.7 Å². The van der Waals surface area contributed by atoms with Crippen molar-refractivity contribution in [3.63, 3.8) is 0 Å². The Morgan fingerprint density at radius 1 is 1.00 bits per heavy atom. The lowest BCUT2D eigenvalue weighted by Gasteiger charge is -2.21. The molecule has 2 aromatic rings. The van der Waals surface area contributed by atoms with Gasteiger partial charge in [-0.2, -0.15) is 18.2 Å². The van der Waals surface area contributed by atoms with Crippen molar-refractivity contribution in [2.75, 3.05) is 26.2 Å². The molecule has 26 heavy (non-hydrogen) atoms. The Kier molecular flexibility index (Phi) is 5.90. The molecule has 2 N–H and O–H groups in total. The molecule has 0 bridgehead atoms. The molecule has 0 unspecified atom stereocenters. The fourth-order valence-electron chi connectivity index (χ4n) is 3.04. The van der Waals surface area contributed by atoms with Crippen LogP contribution in [0.4, 0.5) is 13.2 Å². The number of alkyl halides is 3. The van der Waals surface area contributed by atoms with Gasteiger partial charge in [0.05, 0.1) is 18.7 Å². The molecule has 9 heteroatoms. The molecular formula is C17H22F3N5O. The third kappa shape index (κ3) is 5.03. The van der Waals surface area contributed by atoms with Crippen molar-refractivity contribution >= 4 is 0 Å². The Labute approximate surface area is 149 Å². The SMILES string of the molecule is NCc1nc(CN2CCCN(Cc3ccc(C(F)(F)F)cc3)CC2)no1. The predicted molar refractivity (Wildman–Crippen MR) is 88.8 cm³/mol. The van der Waals surface area contributed by atoms with Crippen LogP contribution < -0.4 is 5.73 Å². The number of hydrogen-bond donors (Lipinski definition) is 1. The number of aromatic nitrogens is 2. The molecule has 0 atom stereocenters. The number of hydrogen-bond acceptors (Lipinski definition) is 6. The van der Waals surface area contributed by atoms with E-state index in [1.54, 1.807) is 12.1 Å². The number of nitrogens with two attached hydrogens (primary N) is 1. The molecule has 0 radical (unpaired) electrons. The highest BCUT2D eigenvalue weighted by atomic mass is 19.4.